The van der Waals surface area contributed by atoms with Gasteiger partial charge in [0, 0.05) is 6.92 Å². The zero-order chi connectivity index (χ0) is 11.5. The van der Waals surface area contributed by atoms with Crippen molar-refractivity contribution in [1.29, 1.82) is 0 Å². The molecule has 1 amide bonds. The molecule has 1 fully saturated rings. The zero-order valence-electron chi connectivity index (χ0n) is 8.92. The van der Waals surface area contributed by atoms with Crippen molar-refractivity contribution in [2.24, 2.45) is 0 Å². The number of amides is 1. The molecule has 1 aromatic carbocycles. The fraction of sp³-hybridized carbons (Fsp3) is 0.364. The zero-order valence-corrected chi connectivity index (χ0v) is 8.92. The molecule has 0 aromatic heterocycles. The second kappa shape index (κ2) is 4.51. The van der Waals surface area contributed by atoms with Crippen LogP contribution in [0.15, 0.2) is 24.3 Å². The molecule has 5 nitrogen and oxygen atoms in total. The van der Waals surface area contributed by atoms with Crippen LogP contribution in [0.25, 0.3) is 0 Å². The first-order chi connectivity index (χ1) is 7.66. The molecule has 0 aliphatic carbocycles. The lowest BCUT2D eigenvalue weighted by molar-refractivity contribution is -0.124. The summed E-state index contributed by atoms with van der Waals surface area (Å²) in [4.78, 5) is 16.7. The lowest BCUT2D eigenvalue weighted by atomic mass is 10.3. The maximum absolute atomic E-state index is 11.4. The van der Waals surface area contributed by atoms with E-state index in [-0.39, 0.29) is 17.8 Å². The number of anilines is 1. The minimum absolute atomic E-state index is 0.0963. The van der Waals surface area contributed by atoms with E-state index in [1.807, 2.05) is 0 Å². The molecule has 5 heteroatoms. The van der Waals surface area contributed by atoms with Crippen molar-refractivity contribution in [3.8, 4) is 5.75 Å². The summed E-state index contributed by atoms with van der Waals surface area (Å²) in [6.45, 7) is 2.46. The number of benzene rings is 1. The van der Waals surface area contributed by atoms with Crippen molar-refractivity contribution in [2.75, 3.05) is 18.3 Å². The molecule has 2 rings (SSSR count). The summed E-state index contributed by atoms with van der Waals surface area (Å²) in [5.41, 5.74) is 0.589. The quantitative estimate of drug-likeness (QED) is 0.612. The highest BCUT2D eigenvalue weighted by molar-refractivity contribution is 5.89. The van der Waals surface area contributed by atoms with Gasteiger partial charge in [0.15, 0.2) is 0 Å². The van der Waals surface area contributed by atoms with E-state index < -0.39 is 0 Å². The normalized spacial score (nSPS) is 18.2. The van der Waals surface area contributed by atoms with E-state index in [0.717, 1.165) is 0 Å². The highest BCUT2D eigenvalue weighted by Gasteiger charge is 2.25. The van der Waals surface area contributed by atoms with Crippen molar-refractivity contribution in [2.45, 2.75) is 13.0 Å². The molecule has 1 N–H and O–H groups in total. The minimum atomic E-state index is -0.216. The van der Waals surface area contributed by atoms with Gasteiger partial charge < -0.3 is 9.84 Å². The van der Waals surface area contributed by atoms with E-state index in [9.17, 15) is 4.79 Å². The number of hydrogen-bond acceptors (Lipinski definition) is 4. The molecule has 0 saturated carbocycles. The van der Waals surface area contributed by atoms with Crippen molar-refractivity contribution < 1.29 is 19.5 Å². The van der Waals surface area contributed by atoms with Gasteiger partial charge in [-0.25, -0.2) is 0 Å². The van der Waals surface area contributed by atoms with Gasteiger partial charge >= 0.3 is 0 Å². The summed E-state index contributed by atoms with van der Waals surface area (Å²) in [6.07, 6.45) is 0.0963. The highest BCUT2D eigenvalue weighted by atomic mass is 16.7. The fourth-order valence-electron chi connectivity index (χ4n) is 1.26. The van der Waals surface area contributed by atoms with Gasteiger partial charge in [-0.2, -0.15) is 5.06 Å². The number of carbonyl (C=O) groups is 1. The maximum Gasteiger partial charge on any atom is 0.247 e. The number of phenolic OH excluding ortho intramolecular Hbond substituents is 1. The Morgan fingerprint density at radius 2 is 2.19 bits per heavy atom. The predicted molar refractivity (Wildman–Crippen MR) is 57.0 cm³/mol. The number of ether oxygens (including phenoxy) is 1. The Morgan fingerprint density at radius 1 is 1.56 bits per heavy atom. The van der Waals surface area contributed by atoms with Crippen LogP contribution >= 0.6 is 0 Å². The SMILES string of the molecule is CC(=O)N(OCC1CO1)c1ccc(O)cc1. The van der Waals surface area contributed by atoms with Crippen LogP contribution in [-0.2, 0) is 14.4 Å². The van der Waals surface area contributed by atoms with Crippen molar-refractivity contribution in [3.05, 3.63) is 24.3 Å². The number of rotatable bonds is 4. The Bertz CT molecular complexity index is 372. The molecule has 1 aliphatic heterocycles. The van der Waals surface area contributed by atoms with Gasteiger partial charge in [0.05, 0.1) is 12.3 Å². The highest BCUT2D eigenvalue weighted by Crippen LogP contribution is 2.20. The van der Waals surface area contributed by atoms with E-state index in [2.05, 4.69) is 0 Å². The topological polar surface area (TPSA) is 62.3 Å². The molecule has 0 spiro atoms. The number of epoxide rings is 1. The molecular formula is C11H13NO4. The Morgan fingerprint density at radius 3 is 2.69 bits per heavy atom. The van der Waals surface area contributed by atoms with Gasteiger partial charge in [0.1, 0.15) is 18.5 Å². The number of hydrogen-bond donors (Lipinski definition) is 1. The first-order valence-corrected chi connectivity index (χ1v) is 5.01. The number of phenols is 1. The molecule has 1 aromatic rings. The van der Waals surface area contributed by atoms with Crippen LogP contribution < -0.4 is 5.06 Å². The lowest BCUT2D eigenvalue weighted by Gasteiger charge is -2.19. The molecular weight excluding hydrogens is 210 g/mol. The summed E-state index contributed by atoms with van der Waals surface area (Å²) in [5, 5.41) is 10.3. The van der Waals surface area contributed by atoms with Crippen molar-refractivity contribution in [3.63, 3.8) is 0 Å². The Kier molecular flexibility index (Phi) is 3.07. The van der Waals surface area contributed by atoms with Crippen molar-refractivity contribution >= 4 is 11.6 Å². The average Bonchev–Trinajstić information content (AvgIpc) is 3.04. The van der Waals surface area contributed by atoms with E-state index in [4.69, 9.17) is 14.7 Å². The maximum atomic E-state index is 11.4. The van der Waals surface area contributed by atoms with E-state index in [1.54, 1.807) is 12.1 Å². The number of aromatic hydroxyl groups is 1. The Labute approximate surface area is 93.1 Å². The van der Waals surface area contributed by atoms with Gasteiger partial charge in [-0.3, -0.25) is 9.63 Å². The van der Waals surface area contributed by atoms with Crippen LogP contribution in [0.1, 0.15) is 6.92 Å². The second-order valence-corrected chi connectivity index (χ2v) is 3.58. The molecule has 16 heavy (non-hydrogen) atoms. The molecule has 1 saturated heterocycles. The van der Waals surface area contributed by atoms with Gasteiger partial charge in [0.2, 0.25) is 5.91 Å². The van der Waals surface area contributed by atoms with Crippen LogP contribution in [0.4, 0.5) is 5.69 Å². The standard InChI is InChI=1S/C11H13NO4/c1-8(13)12(16-7-11-6-15-11)9-2-4-10(14)5-3-9/h2-5,11,14H,6-7H2,1H3. The molecule has 1 unspecified atom stereocenters. The third-order valence-electron chi connectivity index (χ3n) is 2.16. The van der Waals surface area contributed by atoms with Gasteiger partial charge in [-0.05, 0) is 24.3 Å². The van der Waals surface area contributed by atoms with Crippen LogP contribution in [0, 0.1) is 0 Å². The van der Waals surface area contributed by atoms with Crippen LogP contribution in [0.5, 0.6) is 5.75 Å². The summed E-state index contributed by atoms with van der Waals surface area (Å²) in [5.74, 6) is -0.0656. The van der Waals surface area contributed by atoms with Crippen molar-refractivity contribution in [1.82, 2.24) is 0 Å². The van der Waals surface area contributed by atoms with E-state index in [1.165, 1.54) is 24.1 Å². The van der Waals surface area contributed by atoms with E-state index in [0.29, 0.717) is 18.9 Å². The molecule has 86 valence electrons. The monoisotopic (exact) mass is 223 g/mol. The van der Waals surface area contributed by atoms with Gasteiger partial charge in [0.25, 0.3) is 0 Å². The first-order valence-electron chi connectivity index (χ1n) is 5.01. The summed E-state index contributed by atoms with van der Waals surface area (Å²) >= 11 is 0. The molecule has 1 atom stereocenters. The smallest absolute Gasteiger partial charge is 0.247 e. The third-order valence-corrected chi connectivity index (χ3v) is 2.16. The largest absolute Gasteiger partial charge is 0.508 e. The van der Waals surface area contributed by atoms with Crippen LogP contribution in [0.3, 0.4) is 0 Å². The Balaban J connectivity index is 2.04. The molecule has 0 bridgehead atoms. The molecule has 0 radical (unpaired) electrons. The fourth-order valence-corrected chi connectivity index (χ4v) is 1.26. The minimum Gasteiger partial charge on any atom is -0.508 e. The molecule has 1 aliphatic rings. The summed E-state index contributed by atoms with van der Waals surface area (Å²) < 4.78 is 4.99. The molecule has 1 heterocycles. The van der Waals surface area contributed by atoms with Gasteiger partial charge in [-0.15, -0.1) is 0 Å². The lowest BCUT2D eigenvalue weighted by Crippen LogP contribution is -2.30. The van der Waals surface area contributed by atoms with Crippen LogP contribution in [-0.4, -0.2) is 30.3 Å². The van der Waals surface area contributed by atoms with Gasteiger partial charge in [-0.1, -0.05) is 0 Å². The number of carbonyl (C=O) groups excluding carboxylic acids is 1. The second-order valence-electron chi connectivity index (χ2n) is 3.58. The Hall–Kier alpha value is -1.59. The summed E-state index contributed by atoms with van der Waals surface area (Å²) in [6, 6.07) is 6.24. The number of nitrogens with zero attached hydrogens (tertiary/aromatic N) is 1. The van der Waals surface area contributed by atoms with E-state index >= 15 is 0 Å². The summed E-state index contributed by atoms with van der Waals surface area (Å²) in [7, 11) is 0. The average molecular weight is 223 g/mol. The third kappa shape index (κ3) is 2.71. The predicted octanol–water partition coefficient (Wildman–Crippen LogP) is 1.08. The number of hydroxylamine groups is 1. The van der Waals surface area contributed by atoms with Crippen LogP contribution in [0.2, 0.25) is 0 Å². The first kappa shape index (κ1) is 10.9.